The molecule has 6 heteroatoms. The van der Waals surface area contributed by atoms with Crippen LogP contribution in [0.5, 0.6) is 0 Å². The van der Waals surface area contributed by atoms with Crippen LogP contribution in [0.2, 0.25) is 0 Å². The van der Waals surface area contributed by atoms with Crippen LogP contribution in [0.15, 0.2) is 46.3 Å². The highest BCUT2D eigenvalue weighted by molar-refractivity contribution is 5.98. The summed E-state index contributed by atoms with van der Waals surface area (Å²) in [7, 11) is 5.32. The maximum Gasteiger partial charge on any atom is 0.127 e. The molecule has 1 atom stereocenters. The number of nitrogens with zero attached hydrogens (tertiary/aromatic N) is 3. The van der Waals surface area contributed by atoms with Gasteiger partial charge in [-0.2, -0.15) is 0 Å². The Morgan fingerprint density at radius 2 is 2.18 bits per heavy atom. The lowest BCUT2D eigenvalue weighted by molar-refractivity contribution is 0.179. The molecule has 22 heavy (non-hydrogen) atoms. The van der Waals surface area contributed by atoms with Gasteiger partial charge in [0, 0.05) is 45.2 Å². The monoisotopic (exact) mass is 307 g/mol. The van der Waals surface area contributed by atoms with Crippen molar-refractivity contribution in [2.45, 2.75) is 19.9 Å². The van der Waals surface area contributed by atoms with Crippen molar-refractivity contribution < 1.29 is 4.74 Å². The van der Waals surface area contributed by atoms with Crippen molar-refractivity contribution in [1.82, 2.24) is 10.2 Å². The second kappa shape index (κ2) is 11.6. The Balaban J connectivity index is 4.81. The van der Waals surface area contributed by atoms with Gasteiger partial charge in [0.25, 0.3) is 0 Å². The van der Waals surface area contributed by atoms with Crippen LogP contribution in [-0.2, 0) is 4.74 Å². The third kappa shape index (κ3) is 7.64. The van der Waals surface area contributed by atoms with Crippen LogP contribution in [0, 0.1) is 0 Å². The normalized spacial score (nSPS) is 15.0. The maximum atomic E-state index is 6.19. The molecule has 0 saturated heterocycles. The predicted molar refractivity (Wildman–Crippen MR) is 95.2 cm³/mol. The van der Waals surface area contributed by atoms with E-state index >= 15 is 0 Å². The molecule has 124 valence electrons. The summed E-state index contributed by atoms with van der Waals surface area (Å²) < 4.78 is 5.12. The van der Waals surface area contributed by atoms with Gasteiger partial charge in [0.15, 0.2) is 0 Å². The fraction of sp³-hybridized carbons (Fsp3) is 0.500. The first-order chi connectivity index (χ1) is 10.5. The molecule has 0 aliphatic carbocycles. The highest BCUT2D eigenvalue weighted by Gasteiger charge is 2.11. The summed E-state index contributed by atoms with van der Waals surface area (Å²) in [5, 5.41) is 3.29. The first-order valence-corrected chi connectivity index (χ1v) is 7.17. The van der Waals surface area contributed by atoms with Crippen LogP contribution in [0.25, 0.3) is 0 Å². The van der Waals surface area contributed by atoms with Crippen molar-refractivity contribution in [3.8, 4) is 0 Å². The molecule has 0 aliphatic rings. The summed E-state index contributed by atoms with van der Waals surface area (Å²) in [6.45, 7) is 8.76. The zero-order valence-corrected chi connectivity index (χ0v) is 14.3. The third-order valence-electron chi connectivity index (χ3n) is 2.94. The molecule has 6 nitrogen and oxygen atoms in total. The Labute approximate surface area is 134 Å². The average Bonchev–Trinajstić information content (AvgIpc) is 2.51. The minimum absolute atomic E-state index is 0.155. The van der Waals surface area contributed by atoms with Crippen molar-refractivity contribution >= 4 is 12.1 Å². The molecule has 0 aromatic heterocycles. The summed E-state index contributed by atoms with van der Waals surface area (Å²) in [5.41, 5.74) is 7.08. The highest BCUT2D eigenvalue weighted by atomic mass is 16.5. The second-order valence-corrected chi connectivity index (χ2v) is 4.87. The molecular weight excluding hydrogens is 278 g/mol. The van der Waals surface area contributed by atoms with E-state index in [0.717, 1.165) is 11.4 Å². The molecule has 0 radical (unpaired) electrons. The van der Waals surface area contributed by atoms with Gasteiger partial charge in [0.2, 0.25) is 0 Å². The van der Waals surface area contributed by atoms with Crippen molar-refractivity contribution in [1.29, 1.82) is 0 Å². The quantitative estimate of drug-likeness (QED) is 0.385. The van der Waals surface area contributed by atoms with E-state index in [1.54, 1.807) is 38.7 Å². The van der Waals surface area contributed by atoms with Gasteiger partial charge in [0.05, 0.1) is 13.2 Å². The lowest BCUT2D eigenvalue weighted by Gasteiger charge is -2.22. The van der Waals surface area contributed by atoms with E-state index in [4.69, 9.17) is 10.5 Å². The van der Waals surface area contributed by atoms with Crippen LogP contribution in [0.1, 0.15) is 13.8 Å². The maximum absolute atomic E-state index is 6.19. The molecular formula is C16H29N5O. The fourth-order valence-electron chi connectivity index (χ4n) is 1.71. The van der Waals surface area contributed by atoms with Crippen LogP contribution >= 0.6 is 0 Å². The Kier molecular flexibility index (Phi) is 10.5. The molecule has 0 spiro atoms. The standard InChI is InChI=1S/C16H29N5O/c1-7-8-9-19-10-11-21(5)15(17)14(3)16(18-4)20-13(2)12-22-6/h7-10,13H,1,11-12,17H2,2-6H3,(H,18,20)/b9-8-,15-14+,19-10+/t13-/m1/s1. The van der Waals surface area contributed by atoms with Crippen molar-refractivity contribution in [2.24, 2.45) is 15.7 Å². The van der Waals surface area contributed by atoms with Gasteiger partial charge in [-0.15, -0.1) is 0 Å². The number of rotatable bonds is 9. The summed E-state index contributed by atoms with van der Waals surface area (Å²) in [6.07, 6.45) is 6.91. The second-order valence-electron chi connectivity index (χ2n) is 4.87. The topological polar surface area (TPSA) is 75.2 Å². The molecule has 0 rings (SSSR count). The average molecular weight is 307 g/mol. The van der Waals surface area contributed by atoms with E-state index in [0.29, 0.717) is 19.0 Å². The van der Waals surface area contributed by atoms with Gasteiger partial charge in [0.1, 0.15) is 11.7 Å². The highest BCUT2D eigenvalue weighted by Crippen LogP contribution is 2.04. The minimum atomic E-state index is 0.155. The number of nitrogens with two attached hydrogens (primary N) is 1. The van der Waals surface area contributed by atoms with Gasteiger partial charge in [-0.05, 0) is 19.9 Å². The van der Waals surface area contributed by atoms with Crippen LogP contribution in [0.4, 0.5) is 0 Å². The molecule has 3 N–H and O–H groups in total. The van der Waals surface area contributed by atoms with Crippen molar-refractivity contribution in [2.75, 3.05) is 34.4 Å². The Morgan fingerprint density at radius 3 is 2.73 bits per heavy atom. The zero-order valence-electron chi connectivity index (χ0n) is 14.3. The van der Waals surface area contributed by atoms with Gasteiger partial charge in [-0.25, -0.2) is 0 Å². The van der Waals surface area contributed by atoms with Crippen LogP contribution in [-0.4, -0.2) is 57.3 Å². The van der Waals surface area contributed by atoms with Crippen molar-refractivity contribution in [3.05, 3.63) is 36.3 Å². The van der Waals surface area contributed by atoms with E-state index in [2.05, 4.69) is 21.9 Å². The van der Waals surface area contributed by atoms with E-state index in [9.17, 15) is 0 Å². The first-order valence-electron chi connectivity index (χ1n) is 7.17. The molecule has 0 aliphatic heterocycles. The smallest absolute Gasteiger partial charge is 0.127 e. The van der Waals surface area contributed by atoms with Crippen LogP contribution < -0.4 is 11.1 Å². The molecule has 0 aromatic carbocycles. The minimum Gasteiger partial charge on any atom is -0.385 e. The summed E-state index contributed by atoms with van der Waals surface area (Å²) in [4.78, 5) is 10.3. The summed E-state index contributed by atoms with van der Waals surface area (Å²) in [6, 6.07) is 0.155. The molecule has 0 amide bonds. The molecule has 0 fully saturated rings. The number of hydrogen-bond donors (Lipinski definition) is 2. The largest absolute Gasteiger partial charge is 0.385 e. The molecule has 0 bridgehead atoms. The van der Waals surface area contributed by atoms with Crippen LogP contribution in [0.3, 0.4) is 0 Å². The van der Waals surface area contributed by atoms with Gasteiger partial charge in [-0.1, -0.05) is 12.7 Å². The number of hydrogen-bond acceptors (Lipinski definition) is 5. The van der Waals surface area contributed by atoms with Gasteiger partial charge < -0.3 is 20.7 Å². The number of methoxy groups -OCH3 is 1. The summed E-state index contributed by atoms with van der Waals surface area (Å²) >= 11 is 0. The Morgan fingerprint density at radius 1 is 1.50 bits per heavy atom. The lowest BCUT2D eigenvalue weighted by Crippen LogP contribution is -2.38. The Hall–Kier alpha value is -2.08. The molecule has 0 unspecified atom stereocenters. The van der Waals surface area contributed by atoms with E-state index < -0.39 is 0 Å². The number of ether oxygens (including phenoxy) is 1. The van der Waals surface area contributed by atoms with Gasteiger partial charge in [-0.3, -0.25) is 9.98 Å². The first kappa shape index (κ1) is 19.9. The van der Waals surface area contributed by atoms with Gasteiger partial charge >= 0.3 is 0 Å². The predicted octanol–water partition coefficient (Wildman–Crippen LogP) is 1.53. The van der Waals surface area contributed by atoms with E-state index in [1.165, 1.54) is 0 Å². The summed E-state index contributed by atoms with van der Waals surface area (Å²) in [5.74, 6) is 1.41. The fourth-order valence-corrected chi connectivity index (χ4v) is 1.71. The third-order valence-corrected chi connectivity index (χ3v) is 2.94. The SMILES string of the molecule is C=C/C=C\N=C\CN(C)/C(N)=C(C)/C(=N\C)N[C@H](C)COC. The Bertz CT molecular complexity index is 451. The molecule has 0 aromatic rings. The number of nitrogens with one attached hydrogen (secondary N) is 1. The molecule has 0 heterocycles. The van der Waals surface area contributed by atoms with E-state index in [-0.39, 0.29) is 6.04 Å². The van der Waals surface area contributed by atoms with E-state index in [1.807, 2.05) is 25.8 Å². The number of aliphatic imine (C=N–C) groups is 2. The van der Waals surface area contributed by atoms with Crippen molar-refractivity contribution in [3.63, 3.8) is 0 Å². The zero-order chi connectivity index (χ0) is 17.0. The lowest BCUT2D eigenvalue weighted by atomic mass is 10.2. The number of amidine groups is 1. The number of allylic oxidation sites excluding steroid dienone is 2. The molecule has 0 saturated carbocycles.